The minimum absolute atomic E-state index is 0.0365. The fourth-order valence-electron chi connectivity index (χ4n) is 2.40. The zero-order valence-electron chi connectivity index (χ0n) is 12.8. The molecule has 0 fully saturated rings. The Bertz CT molecular complexity index is 564. The van der Waals surface area contributed by atoms with E-state index in [1.54, 1.807) is 0 Å². The minimum Gasteiger partial charge on any atom is -0.395 e. The summed E-state index contributed by atoms with van der Waals surface area (Å²) in [5.41, 5.74) is 3.28. The smallest absolute Gasteiger partial charge is 0.251 e. The molecular weight excluding hydrogens is 274 g/mol. The van der Waals surface area contributed by atoms with Crippen molar-refractivity contribution in [2.75, 3.05) is 13.2 Å². The summed E-state index contributed by atoms with van der Waals surface area (Å²) >= 11 is 0. The first-order valence-corrected chi connectivity index (χ1v) is 7.81. The van der Waals surface area contributed by atoms with E-state index >= 15 is 0 Å². The third-order valence-corrected chi connectivity index (χ3v) is 3.64. The normalized spacial score (nSPS) is 10.4. The lowest BCUT2D eigenvalue weighted by Gasteiger charge is -2.05. The van der Waals surface area contributed by atoms with Crippen LogP contribution in [0.25, 0.3) is 0 Å². The Hall–Kier alpha value is -2.13. The fraction of sp³-hybridized carbons (Fsp3) is 0.316. The summed E-state index contributed by atoms with van der Waals surface area (Å²) in [4.78, 5) is 11.7. The third-order valence-electron chi connectivity index (χ3n) is 3.64. The average Bonchev–Trinajstić information content (AvgIpc) is 2.58. The number of hydrogen-bond donors (Lipinski definition) is 2. The third kappa shape index (κ3) is 5.34. The predicted octanol–water partition coefficient (Wildman–Crippen LogP) is 2.97. The van der Waals surface area contributed by atoms with Gasteiger partial charge in [0.25, 0.3) is 5.91 Å². The van der Waals surface area contributed by atoms with Gasteiger partial charge in [-0.25, -0.2) is 0 Å². The molecule has 0 saturated carbocycles. The van der Waals surface area contributed by atoms with E-state index in [-0.39, 0.29) is 12.5 Å². The molecule has 1 amide bonds. The van der Waals surface area contributed by atoms with E-state index in [0.717, 1.165) is 19.3 Å². The Balaban J connectivity index is 1.73. The van der Waals surface area contributed by atoms with Crippen molar-refractivity contribution in [2.45, 2.75) is 25.7 Å². The van der Waals surface area contributed by atoms with Crippen molar-refractivity contribution in [1.82, 2.24) is 5.32 Å². The number of benzene rings is 2. The number of hydrogen-bond acceptors (Lipinski definition) is 2. The first-order valence-electron chi connectivity index (χ1n) is 7.81. The summed E-state index contributed by atoms with van der Waals surface area (Å²) in [6, 6.07) is 18.2. The fourth-order valence-corrected chi connectivity index (χ4v) is 2.40. The molecule has 2 rings (SSSR count). The second kappa shape index (κ2) is 9.00. The van der Waals surface area contributed by atoms with E-state index < -0.39 is 0 Å². The molecule has 3 nitrogen and oxygen atoms in total. The summed E-state index contributed by atoms with van der Waals surface area (Å²) in [6.07, 6.45) is 4.46. The van der Waals surface area contributed by atoms with E-state index in [9.17, 15) is 4.79 Å². The van der Waals surface area contributed by atoms with Crippen LogP contribution in [0.4, 0.5) is 0 Å². The molecule has 0 aliphatic carbocycles. The molecule has 3 heteroatoms. The molecule has 2 aromatic rings. The van der Waals surface area contributed by atoms with Gasteiger partial charge in [0, 0.05) is 12.1 Å². The molecule has 0 atom stereocenters. The number of nitrogens with one attached hydrogen (secondary N) is 1. The van der Waals surface area contributed by atoms with Crippen LogP contribution >= 0.6 is 0 Å². The Morgan fingerprint density at radius 2 is 1.45 bits per heavy atom. The van der Waals surface area contributed by atoms with Gasteiger partial charge in [-0.05, 0) is 48.9 Å². The van der Waals surface area contributed by atoms with Crippen LogP contribution in [-0.4, -0.2) is 24.2 Å². The zero-order chi connectivity index (χ0) is 15.6. The maximum absolute atomic E-state index is 11.7. The number of aliphatic hydroxyl groups is 1. The number of carbonyl (C=O) groups excluding carboxylic acids is 1. The van der Waals surface area contributed by atoms with Crippen LogP contribution in [0.5, 0.6) is 0 Å². The van der Waals surface area contributed by atoms with Crippen molar-refractivity contribution in [2.24, 2.45) is 0 Å². The zero-order valence-corrected chi connectivity index (χ0v) is 12.8. The van der Waals surface area contributed by atoms with Crippen molar-refractivity contribution in [3.63, 3.8) is 0 Å². The molecule has 0 radical (unpaired) electrons. The van der Waals surface area contributed by atoms with Crippen LogP contribution < -0.4 is 5.32 Å². The van der Waals surface area contributed by atoms with E-state index in [1.165, 1.54) is 17.5 Å². The highest BCUT2D eigenvalue weighted by atomic mass is 16.3. The molecule has 0 spiro atoms. The van der Waals surface area contributed by atoms with Gasteiger partial charge in [-0.2, -0.15) is 0 Å². The summed E-state index contributed by atoms with van der Waals surface area (Å²) < 4.78 is 0. The largest absolute Gasteiger partial charge is 0.395 e. The standard InChI is InChI=1S/C19H23NO2/c21-15-14-20-19(22)18-12-10-17(11-13-18)9-5-4-8-16-6-2-1-3-7-16/h1-3,6-7,10-13,21H,4-5,8-9,14-15H2,(H,20,22). The number of rotatable bonds is 8. The quantitative estimate of drug-likeness (QED) is 0.736. The van der Waals surface area contributed by atoms with Gasteiger partial charge in [0.05, 0.1) is 6.61 Å². The van der Waals surface area contributed by atoms with Gasteiger partial charge in [-0.15, -0.1) is 0 Å². The maximum atomic E-state index is 11.7. The summed E-state index contributed by atoms with van der Waals surface area (Å²) in [7, 11) is 0. The molecule has 0 aliphatic heterocycles. The van der Waals surface area contributed by atoms with Gasteiger partial charge in [-0.1, -0.05) is 42.5 Å². The van der Waals surface area contributed by atoms with Gasteiger partial charge >= 0.3 is 0 Å². The highest BCUT2D eigenvalue weighted by Crippen LogP contribution is 2.10. The van der Waals surface area contributed by atoms with Gasteiger partial charge in [0.2, 0.25) is 0 Å². The Morgan fingerprint density at radius 1 is 0.864 bits per heavy atom. The molecule has 0 aromatic heterocycles. The Morgan fingerprint density at radius 3 is 2.05 bits per heavy atom. The molecule has 2 N–H and O–H groups in total. The second-order valence-corrected chi connectivity index (χ2v) is 5.37. The second-order valence-electron chi connectivity index (χ2n) is 5.37. The van der Waals surface area contributed by atoms with Crippen molar-refractivity contribution in [3.05, 3.63) is 71.3 Å². The van der Waals surface area contributed by atoms with Crippen LogP contribution in [0.15, 0.2) is 54.6 Å². The number of aryl methyl sites for hydroxylation is 2. The Labute approximate surface area is 132 Å². The van der Waals surface area contributed by atoms with Crippen molar-refractivity contribution < 1.29 is 9.90 Å². The highest BCUT2D eigenvalue weighted by molar-refractivity contribution is 5.94. The van der Waals surface area contributed by atoms with Crippen LogP contribution in [0.2, 0.25) is 0 Å². The van der Waals surface area contributed by atoms with Crippen molar-refractivity contribution in [1.29, 1.82) is 0 Å². The molecular formula is C19H23NO2. The highest BCUT2D eigenvalue weighted by Gasteiger charge is 2.04. The number of carbonyl (C=O) groups is 1. The minimum atomic E-state index is -0.135. The van der Waals surface area contributed by atoms with Crippen LogP contribution in [0.1, 0.15) is 34.3 Å². The average molecular weight is 297 g/mol. The molecule has 0 bridgehead atoms. The SMILES string of the molecule is O=C(NCCO)c1ccc(CCCCc2ccccc2)cc1. The molecule has 0 heterocycles. The van der Waals surface area contributed by atoms with Crippen LogP contribution in [-0.2, 0) is 12.8 Å². The lowest BCUT2D eigenvalue weighted by molar-refractivity contribution is 0.0945. The molecule has 0 saturated heterocycles. The van der Waals surface area contributed by atoms with Crippen LogP contribution in [0, 0.1) is 0 Å². The van der Waals surface area contributed by atoms with Crippen LogP contribution in [0.3, 0.4) is 0 Å². The monoisotopic (exact) mass is 297 g/mol. The maximum Gasteiger partial charge on any atom is 0.251 e. The first-order chi connectivity index (χ1) is 10.8. The predicted molar refractivity (Wildman–Crippen MR) is 88.9 cm³/mol. The van der Waals surface area contributed by atoms with Gasteiger partial charge in [0.15, 0.2) is 0 Å². The van der Waals surface area contributed by atoms with Gasteiger partial charge in [0.1, 0.15) is 0 Å². The van der Waals surface area contributed by atoms with E-state index in [4.69, 9.17) is 5.11 Å². The summed E-state index contributed by atoms with van der Waals surface area (Å²) in [6.45, 7) is 0.255. The molecule has 0 aliphatic rings. The molecule has 2 aromatic carbocycles. The number of amides is 1. The first kappa shape index (κ1) is 16.2. The Kier molecular flexibility index (Phi) is 6.65. The lowest BCUT2D eigenvalue weighted by atomic mass is 10.0. The summed E-state index contributed by atoms with van der Waals surface area (Å²) in [5, 5.41) is 11.3. The van der Waals surface area contributed by atoms with E-state index in [1.807, 2.05) is 30.3 Å². The molecule has 116 valence electrons. The van der Waals surface area contributed by atoms with Gasteiger partial charge in [-0.3, -0.25) is 4.79 Å². The summed E-state index contributed by atoms with van der Waals surface area (Å²) in [5.74, 6) is -0.135. The van der Waals surface area contributed by atoms with Gasteiger partial charge < -0.3 is 10.4 Å². The molecule has 22 heavy (non-hydrogen) atoms. The topological polar surface area (TPSA) is 49.3 Å². The van der Waals surface area contributed by atoms with Crippen molar-refractivity contribution >= 4 is 5.91 Å². The number of unbranched alkanes of at least 4 members (excludes halogenated alkanes) is 1. The van der Waals surface area contributed by atoms with E-state index in [2.05, 4.69) is 29.6 Å². The van der Waals surface area contributed by atoms with E-state index in [0.29, 0.717) is 12.1 Å². The molecule has 0 unspecified atom stereocenters. The van der Waals surface area contributed by atoms with Crippen molar-refractivity contribution in [3.8, 4) is 0 Å². The number of aliphatic hydroxyl groups excluding tert-OH is 1. The lowest BCUT2D eigenvalue weighted by Crippen LogP contribution is -2.26.